The summed E-state index contributed by atoms with van der Waals surface area (Å²) >= 11 is 13.4. The van der Waals surface area contributed by atoms with Crippen molar-refractivity contribution in [3.63, 3.8) is 0 Å². The minimum atomic E-state index is 0.438. The first kappa shape index (κ1) is 15.1. The van der Waals surface area contributed by atoms with E-state index in [1.54, 1.807) is 0 Å². The first-order valence-electron chi connectivity index (χ1n) is 6.16. The van der Waals surface area contributed by atoms with Crippen LogP contribution in [0.5, 0.6) is 0 Å². The van der Waals surface area contributed by atoms with Crippen molar-refractivity contribution >= 4 is 43.5 Å². The van der Waals surface area contributed by atoms with E-state index < -0.39 is 0 Å². The average molecular weight is 403 g/mol. The van der Waals surface area contributed by atoms with E-state index in [0.717, 1.165) is 21.2 Å². The molecule has 2 aromatic carbocycles. The number of benzene rings is 2. The van der Waals surface area contributed by atoms with Crippen molar-refractivity contribution in [3.8, 4) is 0 Å². The van der Waals surface area contributed by atoms with Crippen LogP contribution < -0.4 is 0 Å². The van der Waals surface area contributed by atoms with E-state index >= 15 is 0 Å². The summed E-state index contributed by atoms with van der Waals surface area (Å²) in [4.78, 5) is 0. The maximum Gasteiger partial charge on any atom is 0.0440 e. The van der Waals surface area contributed by atoms with Crippen LogP contribution in [0.2, 0.25) is 5.02 Å². The number of aryl methyl sites for hydroxylation is 1. The lowest BCUT2D eigenvalue weighted by Gasteiger charge is -2.16. The fourth-order valence-electron chi connectivity index (χ4n) is 2.08. The second kappa shape index (κ2) is 6.92. The predicted molar refractivity (Wildman–Crippen MR) is 90.6 cm³/mol. The number of halogens is 3. The molecule has 3 heteroatoms. The Morgan fingerprint density at radius 2 is 1.79 bits per heavy atom. The molecule has 1 unspecified atom stereocenters. The van der Waals surface area contributed by atoms with Crippen LogP contribution in [0.25, 0.3) is 0 Å². The lowest BCUT2D eigenvalue weighted by Crippen LogP contribution is -2.05. The Balaban J connectivity index is 2.21. The van der Waals surface area contributed by atoms with Crippen molar-refractivity contribution in [1.82, 2.24) is 0 Å². The van der Waals surface area contributed by atoms with Crippen LogP contribution in [-0.2, 0) is 6.42 Å². The molecule has 0 spiro atoms. The summed E-state index contributed by atoms with van der Waals surface area (Å²) in [7, 11) is 0. The molecule has 19 heavy (non-hydrogen) atoms. The molecular formula is C16H15Br2Cl. The van der Waals surface area contributed by atoms with Gasteiger partial charge in [-0.2, -0.15) is 0 Å². The van der Waals surface area contributed by atoms with Gasteiger partial charge in [-0.1, -0.05) is 67.7 Å². The molecule has 0 saturated carbocycles. The van der Waals surface area contributed by atoms with Gasteiger partial charge in [0, 0.05) is 14.8 Å². The van der Waals surface area contributed by atoms with Gasteiger partial charge >= 0.3 is 0 Å². The summed E-state index contributed by atoms with van der Waals surface area (Å²) in [6.45, 7) is 2.06. The summed E-state index contributed by atoms with van der Waals surface area (Å²) in [5.41, 5.74) is 3.74. The first-order valence-corrected chi connectivity index (χ1v) is 8.46. The highest BCUT2D eigenvalue weighted by atomic mass is 79.9. The Labute approximate surface area is 136 Å². The smallest absolute Gasteiger partial charge is 0.0440 e. The van der Waals surface area contributed by atoms with Crippen LogP contribution in [-0.4, -0.2) is 5.33 Å². The number of rotatable bonds is 4. The van der Waals surface area contributed by atoms with Gasteiger partial charge in [-0.05, 0) is 54.2 Å². The standard InChI is InChI=1S/C16H15Br2Cl/c1-11-2-3-13(16(19)8-11)9-14(10-17)12-4-6-15(18)7-5-12/h2-8,14H,9-10H2,1H3. The Bertz CT molecular complexity index is 549. The van der Waals surface area contributed by atoms with Crippen LogP contribution in [0.4, 0.5) is 0 Å². The minimum absolute atomic E-state index is 0.438. The molecule has 0 aliphatic rings. The Hall–Kier alpha value is -0.310. The van der Waals surface area contributed by atoms with Gasteiger partial charge in [-0.15, -0.1) is 0 Å². The lowest BCUT2D eigenvalue weighted by molar-refractivity contribution is 0.775. The van der Waals surface area contributed by atoms with Crippen LogP contribution in [0.3, 0.4) is 0 Å². The van der Waals surface area contributed by atoms with Crippen LogP contribution >= 0.6 is 43.5 Å². The third kappa shape index (κ3) is 4.08. The molecule has 0 amide bonds. The van der Waals surface area contributed by atoms with Gasteiger partial charge < -0.3 is 0 Å². The largest absolute Gasteiger partial charge is 0.0921 e. The fourth-order valence-corrected chi connectivity index (χ4v) is 3.26. The summed E-state index contributed by atoms with van der Waals surface area (Å²) in [6, 6.07) is 14.8. The topological polar surface area (TPSA) is 0 Å². The molecule has 0 heterocycles. The molecule has 0 saturated heterocycles. The van der Waals surface area contributed by atoms with Gasteiger partial charge in [0.05, 0.1) is 0 Å². The van der Waals surface area contributed by atoms with Gasteiger partial charge in [0.15, 0.2) is 0 Å². The Morgan fingerprint density at radius 3 is 2.37 bits per heavy atom. The highest BCUT2D eigenvalue weighted by molar-refractivity contribution is 9.10. The second-order valence-corrected chi connectivity index (χ2v) is 6.67. The summed E-state index contributed by atoms with van der Waals surface area (Å²) in [5, 5.41) is 1.79. The van der Waals surface area contributed by atoms with Crippen LogP contribution in [0.1, 0.15) is 22.6 Å². The zero-order valence-corrected chi connectivity index (χ0v) is 14.6. The maximum atomic E-state index is 6.32. The summed E-state index contributed by atoms with van der Waals surface area (Å²) in [6.07, 6.45) is 0.950. The van der Waals surface area contributed by atoms with Gasteiger partial charge in [-0.25, -0.2) is 0 Å². The van der Waals surface area contributed by atoms with Crippen molar-refractivity contribution in [2.75, 3.05) is 5.33 Å². The molecular weight excluding hydrogens is 387 g/mol. The monoisotopic (exact) mass is 400 g/mol. The molecule has 2 aromatic rings. The van der Waals surface area contributed by atoms with E-state index in [9.17, 15) is 0 Å². The van der Waals surface area contributed by atoms with E-state index in [2.05, 4.69) is 75.2 Å². The molecule has 0 radical (unpaired) electrons. The van der Waals surface area contributed by atoms with Gasteiger partial charge in [0.2, 0.25) is 0 Å². The molecule has 0 fully saturated rings. The van der Waals surface area contributed by atoms with E-state index in [-0.39, 0.29) is 0 Å². The molecule has 0 aliphatic heterocycles. The molecule has 2 rings (SSSR count). The second-order valence-electron chi connectivity index (χ2n) is 4.70. The van der Waals surface area contributed by atoms with E-state index in [4.69, 9.17) is 11.6 Å². The quantitative estimate of drug-likeness (QED) is 0.540. The zero-order valence-electron chi connectivity index (χ0n) is 10.7. The van der Waals surface area contributed by atoms with Crippen molar-refractivity contribution in [1.29, 1.82) is 0 Å². The molecule has 0 bridgehead atoms. The predicted octanol–water partition coefficient (Wildman–Crippen LogP) is 6.13. The van der Waals surface area contributed by atoms with Crippen molar-refractivity contribution < 1.29 is 0 Å². The minimum Gasteiger partial charge on any atom is -0.0921 e. The molecule has 0 aromatic heterocycles. The maximum absolute atomic E-state index is 6.32. The molecule has 0 nitrogen and oxygen atoms in total. The van der Waals surface area contributed by atoms with Gasteiger partial charge in [-0.3, -0.25) is 0 Å². The number of hydrogen-bond acceptors (Lipinski definition) is 0. The molecule has 100 valence electrons. The zero-order chi connectivity index (χ0) is 13.8. The van der Waals surface area contributed by atoms with Gasteiger partial charge in [0.1, 0.15) is 0 Å². The summed E-state index contributed by atoms with van der Waals surface area (Å²) < 4.78 is 1.11. The Morgan fingerprint density at radius 1 is 1.11 bits per heavy atom. The summed E-state index contributed by atoms with van der Waals surface area (Å²) in [5.74, 6) is 0.438. The highest BCUT2D eigenvalue weighted by Gasteiger charge is 2.13. The van der Waals surface area contributed by atoms with Crippen molar-refractivity contribution in [2.45, 2.75) is 19.3 Å². The van der Waals surface area contributed by atoms with Gasteiger partial charge in [0.25, 0.3) is 0 Å². The Kier molecular flexibility index (Phi) is 5.49. The fraction of sp³-hybridized carbons (Fsp3) is 0.250. The third-order valence-electron chi connectivity index (χ3n) is 3.20. The molecule has 0 aliphatic carbocycles. The number of hydrogen-bond donors (Lipinski definition) is 0. The lowest BCUT2D eigenvalue weighted by atomic mass is 9.93. The highest BCUT2D eigenvalue weighted by Crippen LogP contribution is 2.28. The van der Waals surface area contributed by atoms with Crippen LogP contribution in [0.15, 0.2) is 46.9 Å². The average Bonchev–Trinajstić information content (AvgIpc) is 2.39. The normalized spacial score (nSPS) is 12.4. The van der Waals surface area contributed by atoms with Crippen molar-refractivity contribution in [3.05, 3.63) is 68.7 Å². The van der Waals surface area contributed by atoms with E-state index in [1.165, 1.54) is 16.7 Å². The van der Waals surface area contributed by atoms with E-state index in [1.807, 2.05) is 6.07 Å². The van der Waals surface area contributed by atoms with Crippen LogP contribution in [0, 0.1) is 6.92 Å². The number of alkyl halides is 1. The SMILES string of the molecule is Cc1ccc(CC(CBr)c2ccc(Br)cc2)c(Cl)c1. The first-order chi connectivity index (χ1) is 9.10. The third-order valence-corrected chi connectivity index (χ3v) is 4.86. The molecule has 0 N–H and O–H groups in total. The molecule has 1 atom stereocenters. The van der Waals surface area contributed by atoms with Crippen molar-refractivity contribution in [2.24, 2.45) is 0 Å². The van der Waals surface area contributed by atoms with E-state index in [0.29, 0.717) is 5.92 Å².